The van der Waals surface area contributed by atoms with Crippen LogP contribution < -0.4 is 4.90 Å². The van der Waals surface area contributed by atoms with Crippen LogP contribution in [0.1, 0.15) is 59.0 Å². The molecule has 2 aliphatic rings. The van der Waals surface area contributed by atoms with E-state index < -0.39 is 0 Å². The van der Waals surface area contributed by atoms with Gasteiger partial charge in [0.25, 0.3) is 5.91 Å². The number of hydrogen-bond donors (Lipinski definition) is 0. The SMILES string of the molecule is Cc1ccnc(C(=O)N2CCCCC2c2cc3nc(N4CCC(C#N)C4)c(C)cn3n2)c1. The molecule has 0 bridgehead atoms. The van der Waals surface area contributed by atoms with E-state index in [1.54, 1.807) is 6.20 Å². The first-order valence-corrected chi connectivity index (χ1v) is 11.3. The second-order valence-corrected chi connectivity index (χ2v) is 8.91. The molecule has 164 valence electrons. The number of carbonyl (C=O) groups excluding carboxylic acids is 1. The predicted molar refractivity (Wildman–Crippen MR) is 120 cm³/mol. The van der Waals surface area contributed by atoms with Crippen molar-refractivity contribution in [2.45, 2.75) is 45.6 Å². The number of fused-ring (bicyclic) bond motifs is 1. The third-order valence-corrected chi connectivity index (χ3v) is 6.53. The first-order chi connectivity index (χ1) is 15.5. The molecule has 2 unspecified atom stereocenters. The number of rotatable bonds is 3. The number of nitriles is 1. The van der Waals surface area contributed by atoms with Crippen molar-refractivity contribution in [3.8, 4) is 6.07 Å². The van der Waals surface area contributed by atoms with Gasteiger partial charge in [0.1, 0.15) is 11.5 Å². The Bertz CT molecular complexity index is 1210. The lowest BCUT2D eigenvalue weighted by atomic mass is 9.98. The lowest BCUT2D eigenvalue weighted by molar-refractivity contribution is 0.0599. The zero-order chi connectivity index (χ0) is 22.2. The number of nitrogens with zero attached hydrogens (tertiary/aromatic N) is 7. The minimum absolute atomic E-state index is 0.0418. The second kappa shape index (κ2) is 8.23. The van der Waals surface area contributed by atoms with Crippen LogP contribution in [-0.2, 0) is 0 Å². The van der Waals surface area contributed by atoms with E-state index >= 15 is 0 Å². The third-order valence-electron chi connectivity index (χ3n) is 6.53. The Balaban J connectivity index is 1.46. The monoisotopic (exact) mass is 429 g/mol. The van der Waals surface area contributed by atoms with Gasteiger partial charge in [-0.1, -0.05) is 0 Å². The second-order valence-electron chi connectivity index (χ2n) is 8.91. The van der Waals surface area contributed by atoms with Gasteiger partial charge in [0.05, 0.1) is 23.7 Å². The zero-order valence-electron chi connectivity index (χ0n) is 18.5. The Kier molecular flexibility index (Phi) is 5.25. The zero-order valence-corrected chi connectivity index (χ0v) is 18.5. The van der Waals surface area contributed by atoms with Crippen molar-refractivity contribution < 1.29 is 4.79 Å². The molecule has 2 aliphatic heterocycles. The number of hydrogen-bond acceptors (Lipinski definition) is 6. The van der Waals surface area contributed by atoms with E-state index in [1.165, 1.54) is 0 Å². The van der Waals surface area contributed by atoms with Crippen molar-refractivity contribution in [2.24, 2.45) is 5.92 Å². The van der Waals surface area contributed by atoms with E-state index in [9.17, 15) is 10.1 Å². The van der Waals surface area contributed by atoms with E-state index in [0.29, 0.717) is 12.2 Å². The smallest absolute Gasteiger partial charge is 0.273 e. The molecule has 5 rings (SSSR count). The molecule has 0 aliphatic carbocycles. The number of pyridine rings is 1. The normalized spacial score (nSPS) is 21.2. The minimum atomic E-state index is -0.0845. The largest absolute Gasteiger partial charge is 0.355 e. The first kappa shape index (κ1) is 20.4. The molecule has 1 amide bonds. The van der Waals surface area contributed by atoms with Crippen LogP contribution in [0.3, 0.4) is 0 Å². The molecule has 0 spiro atoms. The van der Waals surface area contributed by atoms with Crippen LogP contribution in [0.25, 0.3) is 5.65 Å². The third kappa shape index (κ3) is 3.68. The number of carbonyl (C=O) groups is 1. The lowest BCUT2D eigenvalue weighted by Gasteiger charge is -2.34. The summed E-state index contributed by atoms with van der Waals surface area (Å²) in [4.78, 5) is 26.6. The quantitative estimate of drug-likeness (QED) is 0.633. The van der Waals surface area contributed by atoms with Crippen molar-refractivity contribution >= 4 is 17.4 Å². The van der Waals surface area contributed by atoms with Gasteiger partial charge < -0.3 is 9.80 Å². The molecule has 0 N–H and O–H groups in total. The van der Waals surface area contributed by atoms with Crippen molar-refractivity contribution in [1.29, 1.82) is 5.26 Å². The molecule has 32 heavy (non-hydrogen) atoms. The molecule has 3 aromatic rings. The van der Waals surface area contributed by atoms with Gasteiger partial charge >= 0.3 is 0 Å². The maximum absolute atomic E-state index is 13.3. The van der Waals surface area contributed by atoms with Gasteiger partial charge in [-0.3, -0.25) is 9.78 Å². The van der Waals surface area contributed by atoms with Gasteiger partial charge in [-0.2, -0.15) is 10.4 Å². The Hall–Kier alpha value is -3.47. The van der Waals surface area contributed by atoms with E-state index in [0.717, 1.165) is 67.1 Å². The van der Waals surface area contributed by atoms with Gasteiger partial charge in [-0.25, -0.2) is 9.50 Å². The number of piperidine rings is 1. The van der Waals surface area contributed by atoms with Gasteiger partial charge in [0.15, 0.2) is 5.65 Å². The Morgan fingerprint density at radius 1 is 1.19 bits per heavy atom. The van der Waals surface area contributed by atoms with Crippen LogP contribution >= 0.6 is 0 Å². The molecule has 0 aromatic carbocycles. The van der Waals surface area contributed by atoms with Gasteiger partial charge in [-0.15, -0.1) is 0 Å². The van der Waals surface area contributed by atoms with Crippen LogP contribution in [0.2, 0.25) is 0 Å². The van der Waals surface area contributed by atoms with Crippen molar-refractivity contribution in [2.75, 3.05) is 24.5 Å². The highest BCUT2D eigenvalue weighted by molar-refractivity contribution is 5.92. The van der Waals surface area contributed by atoms with Crippen LogP contribution in [0.4, 0.5) is 5.82 Å². The highest BCUT2D eigenvalue weighted by Crippen LogP contribution is 2.32. The fourth-order valence-electron chi connectivity index (χ4n) is 4.84. The Morgan fingerprint density at radius 2 is 2.06 bits per heavy atom. The molecule has 3 aromatic heterocycles. The summed E-state index contributed by atoms with van der Waals surface area (Å²) >= 11 is 0. The molecular formula is C24H27N7O. The molecule has 8 heteroatoms. The predicted octanol–water partition coefficient (Wildman–Crippen LogP) is 3.46. The average Bonchev–Trinajstić information content (AvgIpc) is 3.44. The van der Waals surface area contributed by atoms with Gasteiger partial charge in [0, 0.05) is 43.7 Å². The molecular weight excluding hydrogens is 402 g/mol. The summed E-state index contributed by atoms with van der Waals surface area (Å²) in [5.74, 6) is 0.937. The standard InChI is InChI=1S/C24H27N7O/c1-16-6-8-26-20(11-16)24(32)30-9-4-3-5-21(30)19-12-22-27-23(17(2)14-31(22)28-19)29-10-7-18(13-25)15-29/h6,8,11-12,14,18,21H,3-5,7,9-10,15H2,1-2H3. The van der Waals surface area contributed by atoms with Crippen LogP contribution in [0, 0.1) is 31.1 Å². The Labute approximate surface area is 187 Å². The number of aryl methyl sites for hydroxylation is 2. The van der Waals surface area contributed by atoms with E-state index in [4.69, 9.17) is 10.1 Å². The van der Waals surface area contributed by atoms with Gasteiger partial charge in [0.2, 0.25) is 0 Å². The van der Waals surface area contributed by atoms with Crippen molar-refractivity contribution in [3.63, 3.8) is 0 Å². The van der Waals surface area contributed by atoms with E-state index in [1.807, 2.05) is 47.7 Å². The summed E-state index contributed by atoms with van der Waals surface area (Å²) in [6.45, 7) is 6.27. The molecule has 5 heterocycles. The maximum Gasteiger partial charge on any atom is 0.273 e. The Morgan fingerprint density at radius 3 is 2.84 bits per heavy atom. The maximum atomic E-state index is 13.3. The van der Waals surface area contributed by atoms with E-state index in [2.05, 4.69) is 16.0 Å². The molecule has 2 saturated heterocycles. The van der Waals surface area contributed by atoms with Gasteiger partial charge in [-0.05, 0) is 57.2 Å². The highest BCUT2D eigenvalue weighted by Gasteiger charge is 2.32. The van der Waals surface area contributed by atoms with Crippen LogP contribution in [-0.4, -0.2) is 50.0 Å². The molecule has 2 fully saturated rings. The summed E-state index contributed by atoms with van der Waals surface area (Å²) < 4.78 is 1.81. The summed E-state index contributed by atoms with van der Waals surface area (Å²) in [7, 11) is 0. The molecule has 0 saturated carbocycles. The number of likely N-dealkylation sites (tertiary alicyclic amines) is 1. The van der Waals surface area contributed by atoms with Crippen molar-refractivity contribution in [1.82, 2.24) is 24.5 Å². The average molecular weight is 430 g/mol. The molecule has 0 radical (unpaired) electrons. The molecule has 2 atom stereocenters. The van der Waals surface area contributed by atoms with Crippen molar-refractivity contribution in [3.05, 3.63) is 53.1 Å². The fourth-order valence-corrected chi connectivity index (χ4v) is 4.84. The van der Waals surface area contributed by atoms with Crippen LogP contribution in [0.5, 0.6) is 0 Å². The number of amides is 1. The summed E-state index contributed by atoms with van der Waals surface area (Å²) in [5, 5.41) is 14.0. The van der Waals surface area contributed by atoms with Crippen LogP contribution in [0.15, 0.2) is 30.6 Å². The topological polar surface area (TPSA) is 90.4 Å². The fraction of sp³-hybridized carbons (Fsp3) is 0.458. The lowest BCUT2D eigenvalue weighted by Crippen LogP contribution is -2.39. The summed E-state index contributed by atoms with van der Waals surface area (Å²) in [5.41, 5.74) is 4.18. The number of aromatic nitrogens is 4. The summed E-state index contributed by atoms with van der Waals surface area (Å²) in [6, 6.07) is 8.03. The first-order valence-electron chi connectivity index (χ1n) is 11.3. The summed E-state index contributed by atoms with van der Waals surface area (Å²) in [6.07, 6.45) is 7.49. The highest BCUT2D eigenvalue weighted by atomic mass is 16.2. The number of anilines is 1. The minimum Gasteiger partial charge on any atom is -0.355 e. The molecule has 8 nitrogen and oxygen atoms in total. The van der Waals surface area contributed by atoms with E-state index in [-0.39, 0.29) is 17.9 Å².